The van der Waals surface area contributed by atoms with Crippen molar-refractivity contribution in [3.05, 3.63) is 0 Å². The summed E-state index contributed by atoms with van der Waals surface area (Å²) in [6.07, 6.45) is 2.15. The minimum absolute atomic E-state index is 0.0911. The van der Waals surface area contributed by atoms with Gasteiger partial charge in [0.2, 0.25) is 5.91 Å². The van der Waals surface area contributed by atoms with Crippen molar-refractivity contribution in [2.24, 2.45) is 0 Å². The van der Waals surface area contributed by atoms with Crippen molar-refractivity contribution in [3.63, 3.8) is 0 Å². The zero-order valence-electron chi connectivity index (χ0n) is 10.4. The van der Waals surface area contributed by atoms with E-state index in [9.17, 15) is 9.00 Å². The number of nitrogens with one attached hydrogen (secondary N) is 1. The second-order valence-electron chi connectivity index (χ2n) is 4.16. The maximum absolute atomic E-state index is 11.9. The molecule has 16 heavy (non-hydrogen) atoms. The van der Waals surface area contributed by atoms with Gasteiger partial charge in [0.15, 0.2) is 0 Å². The Bertz CT molecular complexity index is 271. The molecule has 1 saturated heterocycles. The van der Waals surface area contributed by atoms with E-state index < -0.39 is 10.8 Å². The molecule has 0 bridgehead atoms. The first-order valence-corrected chi connectivity index (χ1v) is 7.50. The van der Waals surface area contributed by atoms with Crippen molar-refractivity contribution >= 4 is 16.7 Å². The van der Waals surface area contributed by atoms with Gasteiger partial charge in [-0.25, -0.2) is 0 Å². The van der Waals surface area contributed by atoms with E-state index in [1.807, 2.05) is 18.7 Å². The lowest BCUT2D eigenvalue weighted by molar-refractivity contribution is -0.129. The topological polar surface area (TPSA) is 49.4 Å². The van der Waals surface area contributed by atoms with E-state index in [2.05, 4.69) is 12.2 Å². The van der Waals surface area contributed by atoms with Crippen molar-refractivity contribution in [1.82, 2.24) is 10.2 Å². The maximum atomic E-state index is 11.9. The maximum Gasteiger partial charge on any atom is 0.240 e. The van der Waals surface area contributed by atoms with Crippen LogP contribution in [-0.2, 0) is 15.6 Å². The fourth-order valence-electron chi connectivity index (χ4n) is 1.98. The molecule has 3 unspecified atom stereocenters. The number of carbonyl (C=O) groups excluding carboxylic acids is 1. The van der Waals surface area contributed by atoms with E-state index >= 15 is 0 Å². The Balaban J connectivity index is 2.53. The summed E-state index contributed by atoms with van der Waals surface area (Å²) in [4.78, 5) is 13.7. The van der Waals surface area contributed by atoms with Crippen LogP contribution >= 0.6 is 0 Å². The summed E-state index contributed by atoms with van der Waals surface area (Å²) in [7, 11) is -0.790. The van der Waals surface area contributed by atoms with Gasteiger partial charge in [-0.3, -0.25) is 14.3 Å². The SMILES string of the molecule is CCCC1NC(C)C(=O)N1CCS(=O)CC. The molecule has 1 amide bonds. The molecule has 0 aliphatic carbocycles. The van der Waals surface area contributed by atoms with Crippen LogP contribution in [-0.4, -0.2) is 45.3 Å². The second-order valence-corrected chi connectivity index (χ2v) is 6.02. The minimum Gasteiger partial charge on any atom is -0.325 e. The van der Waals surface area contributed by atoms with Gasteiger partial charge >= 0.3 is 0 Å². The van der Waals surface area contributed by atoms with Crippen molar-refractivity contribution in [1.29, 1.82) is 0 Å². The molecule has 3 atom stereocenters. The average molecular weight is 246 g/mol. The quantitative estimate of drug-likeness (QED) is 0.750. The zero-order chi connectivity index (χ0) is 12.1. The molecule has 0 aromatic carbocycles. The highest BCUT2D eigenvalue weighted by Crippen LogP contribution is 2.14. The third kappa shape index (κ3) is 3.28. The molecule has 5 heteroatoms. The molecule has 1 fully saturated rings. The number of rotatable bonds is 6. The molecule has 0 aromatic heterocycles. The molecule has 1 rings (SSSR count). The summed E-state index contributed by atoms with van der Waals surface area (Å²) in [5, 5.41) is 3.27. The summed E-state index contributed by atoms with van der Waals surface area (Å²) in [5.41, 5.74) is 0. The first-order valence-electron chi connectivity index (χ1n) is 6.01. The Morgan fingerprint density at radius 3 is 2.69 bits per heavy atom. The fourth-order valence-corrected chi connectivity index (χ4v) is 2.66. The third-order valence-electron chi connectivity index (χ3n) is 2.92. The Hall–Kier alpha value is -0.420. The largest absolute Gasteiger partial charge is 0.325 e. The van der Waals surface area contributed by atoms with Gasteiger partial charge in [-0.05, 0) is 13.3 Å². The molecule has 0 aromatic rings. The molecule has 0 radical (unpaired) electrons. The molecular weight excluding hydrogens is 224 g/mol. The summed E-state index contributed by atoms with van der Waals surface area (Å²) in [5.74, 6) is 1.41. The van der Waals surface area contributed by atoms with Crippen molar-refractivity contribution in [2.45, 2.75) is 45.8 Å². The normalized spacial score (nSPS) is 27.4. The van der Waals surface area contributed by atoms with Gasteiger partial charge in [-0.2, -0.15) is 0 Å². The summed E-state index contributed by atoms with van der Waals surface area (Å²) < 4.78 is 11.4. The van der Waals surface area contributed by atoms with E-state index in [1.54, 1.807) is 0 Å². The van der Waals surface area contributed by atoms with Crippen LogP contribution in [0.5, 0.6) is 0 Å². The van der Waals surface area contributed by atoms with Gasteiger partial charge in [0.25, 0.3) is 0 Å². The fraction of sp³-hybridized carbons (Fsp3) is 0.909. The van der Waals surface area contributed by atoms with Gasteiger partial charge in [-0.15, -0.1) is 0 Å². The molecular formula is C11H22N2O2S. The van der Waals surface area contributed by atoms with E-state index in [1.165, 1.54) is 0 Å². The van der Waals surface area contributed by atoms with E-state index in [0.29, 0.717) is 18.1 Å². The Kier molecular flexibility index (Phi) is 5.41. The van der Waals surface area contributed by atoms with E-state index in [0.717, 1.165) is 12.8 Å². The van der Waals surface area contributed by atoms with Gasteiger partial charge in [0.05, 0.1) is 12.2 Å². The number of hydrogen-bond acceptors (Lipinski definition) is 3. The standard InChI is InChI=1S/C11H22N2O2S/c1-4-6-10-12-9(3)11(14)13(10)7-8-16(15)5-2/h9-10,12H,4-8H2,1-3H3. The summed E-state index contributed by atoms with van der Waals surface area (Å²) in [6, 6.07) is -0.0911. The van der Waals surface area contributed by atoms with Crippen LogP contribution in [0.3, 0.4) is 0 Å². The smallest absolute Gasteiger partial charge is 0.240 e. The Labute approximate surface area is 100 Å². The molecule has 4 nitrogen and oxygen atoms in total. The molecule has 1 heterocycles. The van der Waals surface area contributed by atoms with Gasteiger partial charge in [0, 0.05) is 28.9 Å². The predicted molar refractivity (Wildman–Crippen MR) is 66.6 cm³/mol. The minimum atomic E-state index is -0.790. The molecule has 1 N–H and O–H groups in total. The van der Waals surface area contributed by atoms with Crippen molar-refractivity contribution in [2.75, 3.05) is 18.1 Å². The Morgan fingerprint density at radius 1 is 1.44 bits per heavy atom. The lowest BCUT2D eigenvalue weighted by Gasteiger charge is -2.23. The number of nitrogens with zero attached hydrogens (tertiary/aromatic N) is 1. The molecule has 0 spiro atoms. The van der Waals surface area contributed by atoms with Gasteiger partial charge < -0.3 is 4.90 Å². The van der Waals surface area contributed by atoms with Gasteiger partial charge in [-0.1, -0.05) is 20.3 Å². The van der Waals surface area contributed by atoms with Crippen LogP contribution < -0.4 is 5.32 Å². The highest BCUT2D eigenvalue weighted by molar-refractivity contribution is 7.84. The first kappa shape index (κ1) is 13.6. The molecule has 1 aliphatic heterocycles. The number of carbonyl (C=O) groups is 1. The summed E-state index contributed by atoms with van der Waals surface area (Å²) >= 11 is 0. The highest BCUT2D eigenvalue weighted by atomic mass is 32.2. The summed E-state index contributed by atoms with van der Waals surface area (Å²) in [6.45, 7) is 6.52. The molecule has 1 aliphatic rings. The van der Waals surface area contributed by atoms with Crippen LogP contribution in [0, 0.1) is 0 Å². The van der Waals surface area contributed by atoms with Crippen molar-refractivity contribution < 1.29 is 9.00 Å². The van der Waals surface area contributed by atoms with Crippen LogP contribution in [0.25, 0.3) is 0 Å². The van der Waals surface area contributed by atoms with Crippen LogP contribution in [0.1, 0.15) is 33.6 Å². The first-order chi connectivity index (χ1) is 7.60. The van der Waals surface area contributed by atoms with Crippen molar-refractivity contribution in [3.8, 4) is 0 Å². The second kappa shape index (κ2) is 6.35. The third-order valence-corrected chi connectivity index (χ3v) is 4.20. The van der Waals surface area contributed by atoms with E-state index in [-0.39, 0.29) is 18.1 Å². The number of hydrogen-bond donors (Lipinski definition) is 1. The number of amides is 1. The van der Waals surface area contributed by atoms with Crippen LogP contribution in [0.4, 0.5) is 0 Å². The molecule has 94 valence electrons. The monoisotopic (exact) mass is 246 g/mol. The van der Waals surface area contributed by atoms with Gasteiger partial charge in [0.1, 0.15) is 0 Å². The lowest BCUT2D eigenvalue weighted by Crippen LogP contribution is -2.39. The lowest BCUT2D eigenvalue weighted by atomic mass is 10.2. The van der Waals surface area contributed by atoms with E-state index in [4.69, 9.17) is 0 Å². The average Bonchev–Trinajstić information content (AvgIpc) is 2.53. The zero-order valence-corrected chi connectivity index (χ0v) is 11.2. The Morgan fingerprint density at radius 2 is 2.12 bits per heavy atom. The van der Waals surface area contributed by atoms with Crippen LogP contribution in [0.2, 0.25) is 0 Å². The highest BCUT2D eigenvalue weighted by Gasteiger charge is 2.35. The molecule has 0 saturated carbocycles. The predicted octanol–water partition coefficient (Wildman–Crippen LogP) is 0.702. The van der Waals surface area contributed by atoms with Crippen LogP contribution in [0.15, 0.2) is 0 Å².